The highest BCUT2D eigenvalue weighted by Crippen LogP contribution is 2.33. The molecule has 0 saturated carbocycles. The third kappa shape index (κ3) is 2.94. The van der Waals surface area contributed by atoms with Crippen LogP contribution in [0.4, 0.5) is 0 Å². The van der Waals surface area contributed by atoms with Gasteiger partial charge in [0.25, 0.3) is 0 Å². The fourth-order valence-corrected chi connectivity index (χ4v) is 3.71. The van der Waals surface area contributed by atoms with E-state index in [-0.39, 0.29) is 0 Å². The number of methoxy groups -OCH3 is 2. The summed E-state index contributed by atoms with van der Waals surface area (Å²) in [5, 5.41) is 0.584. The molecule has 0 atom stereocenters. The Hall–Kier alpha value is -1.46. The Morgan fingerprint density at radius 3 is 2.71 bits per heavy atom. The monoisotopic (exact) mass is 322 g/mol. The lowest BCUT2D eigenvalue weighted by molar-refractivity contribution is 0.354. The predicted octanol–water partition coefficient (Wildman–Crippen LogP) is 3.48. The lowest BCUT2D eigenvalue weighted by Crippen LogP contribution is -2.02. The molecule has 0 aliphatic carbocycles. The molecule has 21 heavy (non-hydrogen) atoms. The molecule has 1 aliphatic heterocycles. The number of hydrogen-bond acceptors (Lipinski definition) is 5. The molecule has 2 heterocycles. The van der Waals surface area contributed by atoms with Crippen LogP contribution in [-0.2, 0) is 17.9 Å². The van der Waals surface area contributed by atoms with E-state index >= 15 is 0 Å². The summed E-state index contributed by atoms with van der Waals surface area (Å²) in [5.74, 6) is 3.98. The standard InChI is InChI=1S/C15H15ClN2O2S/c1-19-12-4-3-9(5-13(12)20-2)6-14-17-11-8-21-7-10(11)15(16)18-14/h3-5H,6-8H2,1-2H3. The van der Waals surface area contributed by atoms with Gasteiger partial charge in [0.1, 0.15) is 11.0 Å². The van der Waals surface area contributed by atoms with Crippen molar-refractivity contribution in [1.82, 2.24) is 9.97 Å². The number of fused-ring (bicyclic) bond motifs is 1. The van der Waals surface area contributed by atoms with E-state index in [2.05, 4.69) is 9.97 Å². The van der Waals surface area contributed by atoms with Crippen LogP contribution < -0.4 is 9.47 Å². The van der Waals surface area contributed by atoms with E-state index in [4.69, 9.17) is 21.1 Å². The molecule has 0 bridgehead atoms. The van der Waals surface area contributed by atoms with Gasteiger partial charge in [0.05, 0.1) is 19.9 Å². The SMILES string of the molecule is COc1ccc(Cc2nc(Cl)c3c(n2)CSC3)cc1OC. The molecule has 3 rings (SSSR count). The van der Waals surface area contributed by atoms with Crippen molar-refractivity contribution >= 4 is 23.4 Å². The van der Waals surface area contributed by atoms with Crippen LogP contribution in [0.2, 0.25) is 5.15 Å². The van der Waals surface area contributed by atoms with E-state index in [1.54, 1.807) is 14.2 Å². The average molecular weight is 323 g/mol. The Balaban J connectivity index is 1.88. The largest absolute Gasteiger partial charge is 0.493 e. The summed E-state index contributed by atoms with van der Waals surface area (Å²) in [6.07, 6.45) is 0.623. The van der Waals surface area contributed by atoms with Gasteiger partial charge in [-0.15, -0.1) is 0 Å². The normalized spacial score (nSPS) is 13.1. The molecule has 1 aromatic carbocycles. The van der Waals surface area contributed by atoms with Crippen molar-refractivity contribution in [3.05, 3.63) is 46.0 Å². The minimum atomic E-state index is 0.584. The minimum Gasteiger partial charge on any atom is -0.493 e. The van der Waals surface area contributed by atoms with E-state index in [9.17, 15) is 0 Å². The summed E-state index contributed by atoms with van der Waals surface area (Å²) in [6, 6.07) is 5.82. The van der Waals surface area contributed by atoms with E-state index in [1.807, 2.05) is 30.0 Å². The Labute approximate surface area is 132 Å². The van der Waals surface area contributed by atoms with Gasteiger partial charge in [0, 0.05) is 23.5 Å². The minimum absolute atomic E-state index is 0.584. The zero-order valence-electron chi connectivity index (χ0n) is 11.9. The van der Waals surface area contributed by atoms with Crippen molar-refractivity contribution in [3.8, 4) is 11.5 Å². The van der Waals surface area contributed by atoms with Crippen LogP contribution in [0.1, 0.15) is 22.6 Å². The second kappa shape index (κ2) is 6.12. The average Bonchev–Trinajstić information content (AvgIpc) is 2.96. The predicted molar refractivity (Wildman–Crippen MR) is 84.4 cm³/mol. The van der Waals surface area contributed by atoms with Gasteiger partial charge in [-0.05, 0) is 17.7 Å². The number of rotatable bonds is 4. The number of nitrogens with zero attached hydrogens (tertiary/aromatic N) is 2. The van der Waals surface area contributed by atoms with Crippen molar-refractivity contribution in [3.63, 3.8) is 0 Å². The Morgan fingerprint density at radius 2 is 1.95 bits per heavy atom. The highest BCUT2D eigenvalue weighted by molar-refractivity contribution is 7.98. The maximum Gasteiger partial charge on any atom is 0.161 e. The molecule has 1 aromatic heterocycles. The fourth-order valence-electron chi connectivity index (χ4n) is 2.31. The number of benzene rings is 1. The molecule has 0 unspecified atom stereocenters. The third-order valence-electron chi connectivity index (χ3n) is 3.38. The fraction of sp³-hybridized carbons (Fsp3) is 0.333. The molecular formula is C15H15ClN2O2S. The van der Waals surface area contributed by atoms with E-state index in [1.165, 1.54) is 0 Å². The summed E-state index contributed by atoms with van der Waals surface area (Å²) < 4.78 is 10.6. The lowest BCUT2D eigenvalue weighted by atomic mass is 10.1. The summed E-state index contributed by atoms with van der Waals surface area (Å²) in [7, 11) is 3.25. The molecule has 0 spiro atoms. The zero-order chi connectivity index (χ0) is 14.8. The molecule has 2 aromatic rings. The summed E-state index contributed by atoms with van der Waals surface area (Å²) >= 11 is 8.06. The molecule has 0 saturated heterocycles. The van der Waals surface area contributed by atoms with Gasteiger partial charge in [0.2, 0.25) is 0 Å². The van der Waals surface area contributed by atoms with Crippen LogP contribution in [-0.4, -0.2) is 24.2 Å². The second-order valence-electron chi connectivity index (χ2n) is 4.71. The van der Waals surface area contributed by atoms with Crippen LogP contribution >= 0.6 is 23.4 Å². The van der Waals surface area contributed by atoms with Gasteiger partial charge in [-0.1, -0.05) is 17.7 Å². The van der Waals surface area contributed by atoms with Crippen molar-refractivity contribution in [2.45, 2.75) is 17.9 Å². The molecule has 6 heteroatoms. The maximum absolute atomic E-state index is 6.24. The van der Waals surface area contributed by atoms with E-state index < -0.39 is 0 Å². The van der Waals surface area contributed by atoms with Crippen molar-refractivity contribution in [2.24, 2.45) is 0 Å². The quantitative estimate of drug-likeness (QED) is 0.806. The third-order valence-corrected chi connectivity index (χ3v) is 4.67. The summed E-state index contributed by atoms with van der Waals surface area (Å²) in [4.78, 5) is 9.03. The maximum atomic E-state index is 6.24. The van der Waals surface area contributed by atoms with Crippen LogP contribution in [0.3, 0.4) is 0 Å². The van der Waals surface area contributed by atoms with Gasteiger partial charge >= 0.3 is 0 Å². The lowest BCUT2D eigenvalue weighted by Gasteiger charge is -2.10. The number of halogens is 1. The second-order valence-corrected chi connectivity index (χ2v) is 6.06. The first kappa shape index (κ1) is 14.5. The highest BCUT2D eigenvalue weighted by atomic mass is 35.5. The van der Waals surface area contributed by atoms with Crippen molar-refractivity contribution in [1.29, 1.82) is 0 Å². The Morgan fingerprint density at radius 1 is 1.14 bits per heavy atom. The van der Waals surface area contributed by atoms with Gasteiger partial charge in [-0.25, -0.2) is 9.97 Å². The first-order valence-electron chi connectivity index (χ1n) is 6.54. The Bertz CT molecular complexity index is 679. The van der Waals surface area contributed by atoms with Crippen molar-refractivity contribution in [2.75, 3.05) is 14.2 Å². The van der Waals surface area contributed by atoms with Crippen LogP contribution in [0.25, 0.3) is 0 Å². The zero-order valence-corrected chi connectivity index (χ0v) is 13.4. The number of ether oxygens (including phenoxy) is 2. The first-order valence-corrected chi connectivity index (χ1v) is 8.07. The number of aromatic nitrogens is 2. The molecule has 1 aliphatic rings. The molecule has 4 nitrogen and oxygen atoms in total. The number of thioether (sulfide) groups is 1. The molecule has 0 amide bonds. The van der Waals surface area contributed by atoms with Crippen LogP contribution in [0.5, 0.6) is 11.5 Å². The molecular weight excluding hydrogens is 308 g/mol. The Kier molecular flexibility index (Phi) is 4.22. The highest BCUT2D eigenvalue weighted by Gasteiger charge is 2.18. The molecule has 0 N–H and O–H groups in total. The van der Waals surface area contributed by atoms with Gasteiger partial charge < -0.3 is 9.47 Å². The smallest absolute Gasteiger partial charge is 0.161 e. The number of hydrogen-bond donors (Lipinski definition) is 0. The van der Waals surface area contributed by atoms with E-state index in [0.29, 0.717) is 23.1 Å². The van der Waals surface area contributed by atoms with Gasteiger partial charge in [-0.2, -0.15) is 11.8 Å². The summed E-state index contributed by atoms with van der Waals surface area (Å²) in [5.41, 5.74) is 3.21. The first-order chi connectivity index (χ1) is 10.2. The van der Waals surface area contributed by atoms with Crippen LogP contribution in [0.15, 0.2) is 18.2 Å². The van der Waals surface area contributed by atoms with Gasteiger partial charge in [0.15, 0.2) is 11.5 Å². The van der Waals surface area contributed by atoms with Crippen molar-refractivity contribution < 1.29 is 9.47 Å². The summed E-state index contributed by atoms with van der Waals surface area (Å²) in [6.45, 7) is 0. The van der Waals surface area contributed by atoms with Gasteiger partial charge in [-0.3, -0.25) is 0 Å². The molecule has 110 valence electrons. The van der Waals surface area contributed by atoms with E-state index in [0.717, 1.165) is 34.2 Å². The van der Waals surface area contributed by atoms with Crippen LogP contribution in [0, 0.1) is 0 Å². The molecule has 0 fully saturated rings. The topological polar surface area (TPSA) is 44.2 Å². The molecule has 0 radical (unpaired) electrons.